The minimum absolute atomic E-state index is 0.201. The van der Waals surface area contributed by atoms with Crippen LogP contribution in [0.1, 0.15) is 38.0 Å². The van der Waals surface area contributed by atoms with E-state index in [1.165, 1.54) is 0 Å². The van der Waals surface area contributed by atoms with Crippen molar-refractivity contribution >= 4 is 11.8 Å². The number of fused-ring (bicyclic) bond motifs is 1. The quantitative estimate of drug-likeness (QED) is 0.531. The van der Waals surface area contributed by atoms with Crippen LogP contribution >= 0.6 is 0 Å². The van der Waals surface area contributed by atoms with Crippen LogP contribution in [-0.2, 0) is 6.54 Å². The van der Waals surface area contributed by atoms with Gasteiger partial charge in [0.15, 0.2) is 0 Å². The number of pyridine rings is 1. The molecule has 2 heterocycles. The number of nitrogens with zero attached hydrogens (tertiary/aromatic N) is 2. The van der Waals surface area contributed by atoms with Crippen LogP contribution in [0.4, 0.5) is 0 Å². The minimum atomic E-state index is -0.623. The predicted molar refractivity (Wildman–Crippen MR) is 104 cm³/mol. The fourth-order valence-electron chi connectivity index (χ4n) is 3.38. The van der Waals surface area contributed by atoms with Gasteiger partial charge in [0, 0.05) is 17.3 Å². The first kappa shape index (κ1) is 18.6. The maximum absolute atomic E-state index is 13.3. The number of ether oxygens (including phenoxy) is 1. The second kappa shape index (κ2) is 8.12. The second-order valence-corrected chi connectivity index (χ2v) is 6.65. The Morgan fingerprint density at radius 1 is 1.07 bits per heavy atom. The Hall–Kier alpha value is -3.71. The van der Waals surface area contributed by atoms with Gasteiger partial charge < -0.3 is 9.64 Å². The molecule has 0 radical (unpaired) electrons. The lowest BCUT2D eigenvalue weighted by Crippen LogP contribution is -2.36. The summed E-state index contributed by atoms with van der Waals surface area (Å²) in [5.41, 5.74) is 3.95. The van der Waals surface area contributed by atoms with Crippen molar-refractivity contribution in [1.82, 2.24) is 15.4 Å². The zero-order valence-corrected chi connectivity index (χ0v) is 15.5. The molecule has 2 N–H and O–H groups in total. The Balaban J connectivity index is 1.74. The van der Waals surface area contributed by atoms with E-state index in [1.54, 1.807) is 53.0 Å². The van der Waals surface area contributed by atoms with Gasteiger partial charge in [0.1, 0.15) is 18.1 Å². The van der Waals surface area contributed by atoms with Crippen LogP contribution in [0.5, 0.6) is 5.75 Å². The van der Waals surface area contributed by atoms with Crippen molar-refractivity contribution in [3.05, 3.63) is 95.3 Å². The normalized spacial score (nSPS) is 15.6. The average molecular weight is 389 g/mol. The highest BCUT2D eigenvalue weighted by Crippen LogP contribution is 2.33. The van der Waals surface area contributed by atoms with Gasteiger partial charge in [-0.3, -0.25) is 19.8 Å². The van der Waals surface area contributed by atoms with Gasteiger partial charge in [-0.25, -0.2) is 5.48 Å². The summed E-state index contributed by atoms with van der Waals surface area (Å²) in [5.74, 6) is -0.321. The molecule has 0 unspecified atom stereocenters. The zero-order valence-electron chi connectivity index (χ0n) is 15.5. The average Bonchev–Trinajstić information content (AvgIpc) is 2.98. The Kier molecular flexibility index (Phi) is 5.22. The van der Waals surface area contributed by atoms with Crippen LogP contribution in [0.2, 0.25) is 0 Å². The third kappa shape index (κ3) is 3.81. The lowest BCUT2D eigenvalue weighted by atomic mass is 10.0. The maximum atomic E-state index is 13.3. The molecule has 2 amide bonds. The van der Waals surface area contributed by atoms with Gasteiger partial charge >= 0.3 is 0 Å². The van der Waals surface area contributed by atoms with E-state index < -0.39 is 5.91 Å². The van der Waals surface area contributed by atoms with Crippen molar-refractivity contribution in [1.29, 1.82) is 0 Å². The summed E-state index contributed by atoms with van der Waals surface area (Å²) in [5, 5.41) is 8.88. The lowest BCUT2D eigenvalue weighted by molar-refractivity contribution is 0.0615. The molecule has 1 atom stereocenters. The number of benzene rings is 2. The molecule has 0 saturated heterocycles. The van der Waals surface area contributed by atoms with Crippen molar-refractivity contribution in [2.45, 2.75) is 12.6 Å². The third-order valence-electron chi connectivity index (χ3n) is 4.87. The number of aromatic nitrogens is 1. The molecular formula is C22H19N3O4. The van der Waals surface area contributed by atoms with Crippen LogP contribution in [0.3, 0.4) is 0 Å². The summed E-state index contributed by atoms with van der Waals surface area (Å²) in [7, 11) is 0. The molecule has 0 fully saturated rings. The van der Waals surface area contributed by atoms with Crippen LogP contribution in [0.15, 0.2) is 72.9 Å². The van der Waals surface area contributed by atoms with Crippen LogP contribution < -0.4 is 10.2 Å². The van der Waals surface area contributed by atoms with Crippen molar-refractivity contribution < 1.29 is 19.5 Å². The molecule has 1 aromatic heterocycles. The summed E-state index contributed by atoms with van der Waals surface area (Å²) >= 11 is 0. The van der Waals surface area contributed by atoms with Crippen LogP contribution in [-0.4, -0.2) is 33.5 Å². The fourth-order valence-corrected chi connectivity index (χ4v) is 3.38. The van der Waals surface area contributed by atoms with Gasteiger partial charge in [-0.1, -0.05) is 42.5 Å². The summed E-state index contributed by atoms with van der Waals surface area (Å²) in [6, 6.07) is 19.4. The summed E-state index contributed by atoms with van der Waals surface area (Å²) in [4.78, 5) is 31.0. The smallest absolute Gasteiger partial charge is 0.274 e. The number of carbonyl (C=O) groups is 2. The minimum Gasteiger partial charge on any atom is -0.491 e. The topological polar surface area (TPSA) is 91.8 Å². The van der Waals surface area contributed by atoms with Crippen molar-refractivity contribution in [3.63, 3.8) is 0 Å². The van der Waals surface area contributed by atoms with Crippen molar-refractivity contribution in [2.24, 2.45) is 0 Å². The Labute approximate surface area is 167 Å². The van der Waals surface area contributed by atoms with E-state index >= 15 is 0 Å². The highest BCUT2D eigenvalue weighted by Gasteiger charge is 2.31. The summed E-state index contributed by atoms with van der Waals surface area (Å²) < 4.78 is 5.99. The Bertz CT molecular complexity index is 1020. The first-order chi connectivity index (χ1) is 14.2. The molecule has 1 aliphatic rings. The molecule has 0 spiro atoms. The highest BCUT2D eigenvalue weighted by molar-refractivity contribution is 5.94. The summed E-state index contributed by atoms with van der Waals surface area (Å²) in [6.07, 6.45) is 1.59. The molecule has 3 aromatic rings. The highest BCUT2D eigenvalue weighted by atomic mass is 16.5. The number of hydrogen-bond acceptors (Lipinski definition) is 5. The van der Waals surface area contributed by atoms with Gasteiger partial charge in [0.2, 0.25) is 0 Å². The Morgan fingerprint density at radius 2 is 1.86 bits per heavy atom. The van der Waals surface area contributed by atoms with E-state index in [-0.39, 0.29) is 24.1 Å². The number of carbonyl (C=O) groups excluding carboxylic acids is 2. The van der Waals surface area contributed by atoms with Crippen molar-refractivity contribution in [3.8, 4) is 5.75 Å². The predicted octanol–water partition coefficient (Wildman–Crippen LogP) is 2.98. The number of amides is 2. The number of rotatable bonds is 3. The molecule has 0 saturated carbocycles. The Morgan fingerprint density at radius 3 is 2.59 bits per heavy atom. The number of hydrogen-bond donors (Lipinski definition) is 2. The second-order valence-electron chi connectivity index (χ2n) is 6.65. The van der Waals surface area contributed by atoms with Gasteiger partial charge in [-0.05, 0) is 29.8 Å². The molecular weight excluding hydrogens is 370 g/mol. The summed E-state index contributed by atoms with van der Waals surface area (Å²) in [6.45, 7) is 0.519. The van der Waals surface area contributed by atoms with E-state index in [0.717, 1.165) is 11.1 Å². The van der Waals surface area contributed by atoms with E-state index in [2.05, 4.69) is 4.98 Å². The first-order valence-corrected chi connectivity index (χ1v) is 9.14. The molecule has 0 bridgehead atoms. The van der Waals surface area contributed by atoms with Gasteiger partial charge in [0.25, 0.3) is 11.8 Å². The molecule has 146 valence electrons. The molecule has 29 heavy (non-hydrogen) atoms. The molecule has 0 aliphatic carbocycles. The molecule has 1 aliphatic heterocycles. The maximum Gasteiger partial charge on any atom is 0.274 e. The first-order valence-electron chi connectivity index (χ1n) is 9.14. The molecule has 7 heteroatoms. The van der Waals surface area contributed by atoms with Crippen molar-refractivity contribution in [2.75, 3.05) is 6.61 Å². The molecule has 2 aromatic carbocycles. The standard InChI is InChI=1S/C22H19N3O4/c26-21(24-28)16-9-10-17-13-25(22(27)18-8-4-5-11-23-18)19(14-29-20(17)12-16)15-6-2-1-3-7-15/h1-12,19,28H,13-14H2,(H,24,26)/t19-/m1/s1. The van der Waals surface area contributed by atoms with Gasteiger partial charge in [-0.2, -0.15) is 0 Å². The lowest BCUT2D eigenvalue weighted by Gasteiger charge is -2.29. The van der Waals surface area contributed by atoms with Gasteiger partial charge in [0.05, 0.1) is 12.6 Å². The fraction of sp³-hybridized carbons (Fsp3) is 0.136. The van der Waals surface area contributed by atoms with Crippen LogP contribution in [0, 0.1) is 0 Å². The SMILES string of the molecule is O=C(NO)c1ccc2c(c1)OC[C@H](c1ccccc1)N(C(=O)c1ccccn1)C2. The van der Waals surface area contributed by atoms with E-state index in [9.17, 15) is 9.59 Å². The van der Waals surface area contributed by atoms with Crippen LogP contribution in [0.25, 0.3) is 0 Å². The van der Waals surface area contributed by atoms with E-state index in [4.69, 9.17) is 9.94 Å². The monoisotopic (exact) mass is 389 g/mol. The molecule has 4 rings (SSSR count). The number of nitrogens with one attached hydrogen (secondary N) is 1. The van der Waals surface area contributed by atoms with Gasteiger partial charge in [-0.15, -0.1) is 0 Å². The largest absolute Gasteiger partial charge is 0.491 e. The van der Waals surface area contributed by atoms with E-state index in [1.807, 2.05) is 30.3 Å². The third-order valence-corrected chi connectivity index (χ3v) is 4.87. The van der Waals surface area contributed by atoms with E-state index in [0.29, 0.717) is 18.0 Å². The zero-order chi connectivity index (χ0) is 20.2. The molecule has 7 nitrogen and oxygen atoms in total. The number of hydroxylamine groups is 1.